The summed E-state index contributed by atoms with van der Waals surface area (Å²) in [6.45, 7) is 2.63. The normalized spacial score (nSPS) is 14.2. The number of aryl methyl sites for hydroxylation is 1. The third-order valence-corrected chi connectivity index (χ3v) is 4.64. The summed E-state index contributed by atoms with van der Waals surface area (Å²) in [6, 6.07) is 5.19. The molecule has 9 heteroatoms. The van der Waals surface area contributed by atoms with Crippen LogP contribution in [0.5, 0.6) is 0 Å². The summed E-state index contributed by atoms with van der Waals surface area (Å²) in [5.74, 6) is -2.51. The first-order valence-corrected chi connectivity index (χ1v) is 8.62. The number of fused-ring (bicyclic) bond motifs is 1. The third kappa shape index (κ3) is 3.33. The van der Waals surface area contributed by atoms with Crippen LogP contribution in [0.1, 0.15) is 33.3 Å². The van der Waals surface area contributed by atoms with Gasteiger partial charge >= 0.3 is 5.97 Å². The predicted molar refractivity (Wildman–Crippen MR) is 92.8 cm³/mol. The molecule has 8 nitrogen and oxygen atoms in total. The summed E-state index contributed by atoms with van der Waals surface area (Å²) in [5.41, 5.74) is 1.25. The van der Waals surface area contributed by atoms with E-state index in [2.05, 4.69) is 10.3 Å². The van der Waals surface area contributed by atoms with Crippen LogP contribution in [0.15, 0.2) is 29.6 Å². The second-order valence-electron chi connectivity index (χ2n) is 5.65. The number of amides is 3. The fourth-order valence-corrected chi connectivity index (χ4v) is 3.19. The molecular weight excluding hydrogens is 358 g/mol. The van der Waals surface area contributed by atoms with E-state index in [4.69, 9.17) is 4.74 Å². The van der Waals surface area contributed by atoms with Gasteiger partial charge in [-0.1, -0.05) is 12.1 Å². The summed E-state index contributed by atoms with van der Waals surface area (Å²) < 4.78 is 4.93. The van der Waals surface area contributed by atoms with Crippen LogP contribution in [0.3, 0.4) is 0 Å². The Balaban J connectivity index is 1.59. The predicted octanol–water partition coefficient (Wildman–Crippen LogP) is 1.62. The molecule has 2 aromatic rings. The zero-order valence-electron chi connectivity index (χ0n) is 14.0. The number of nitrogens with one attached hydrogen (secondary N) is 1. The van der Waals surface area contributed by atoms with Gasteiger partial charge < -0.3 is 4.74 Å². The number of hydrogen-bond donors (Lipinski definition) is 1. The van der Waals surface area contributed by atoms with Gasteiger partial charge in [0.15, 0.2) is 11.7 Å². The van der Waals surface area contributed by atoms with Crippen molar-refractivity contribution in [2.75, 3.05) is 11.9 Å². The Kier molecular flexibility index (Phi) is 4.81. The Morgan fingerprint density at radius 3 is 2.38 bits per heavy atom. The first-order valence-electron chi connectivity index (χ1n) is 7.74. The van der Waals surface area contributed by atoms with Gasteiger partial charge in [0.1, 0.15) is 6.04 Å². The molecule has 3 rings (SSSR count). The van der Waals surface area contributed by atoms with Gasteiger partial charge in [-0.2, -0.15) is 0 Å². The Morgan fingerprint density at radius 2 is 1.85 bits per heavy atom. The van der Waals surface area contributed by atoms with Crippen LogP contribution in [0.2, 0.25) is 0 Å². The van der Waals surface area contributed by atoms with Gasteiger partial charge in [0.2, 0.25) is 0 Å². The SMILES string of the molecule is Cc1csc(NC(=O)COC(=O)C(C)N2C(=O)c3ccccc3C2=O)n1. The zero-order valence-corrected chi connectivity index (χ0v) is 14.8. The number of imide groups is 1. The molecule has 1 N–H and O–H groups in total. The first kappa shape index (κ1) is 17.7. The molecule has 1 aromatic heterocycles. The molecule has 0 saturated carbocycles. The van der Waals surface area contributed by atoms with Crippen LogP contribution in [0, 0.1) is 6.92 Å². The van der Waals surface area contributed by atoms with Crippen molar-refractivity contribution in [1.29, 1.82) is 0 Å². The molecule has 0 radical (unpaired) electrons. The second-order valence-corrected chi connectivity index (χ2v) is 6.51. The molecule has 3 amide bonds. The van der Waals surface area contributed by atoms with Crippen molar-refractivity contribution >= 4 is 40.2 Å². The lowest BCUT2D eigenvalue weighted by atomic mass is 10.1. The fraction of sp³-hybridized carbons (Fsp3) is 0.235. The lowest BCUT2D eigenvalue weighted by Crippen LogP contribution is -2.44. The zero-order chi connectivity index (χ0) is 18.8. The molecule has 0 bridgehead atoms. The highest BCUT2D eigenvalue weighted by atomic mass is 32.1. The lowest BCUT2D eigenvalue weighted by molar-refractivity contribution is -0.150. The van der Waals surface area contributed by atoms with Crippen molar-refractivity contribution in [3.8, 4) is 0 Å². The minimum atomic E-state index is -1.14. The average molecular weight is 373 g/mol. The summed E-state index contributed by atoms with van der Waals surface area (Å²) in [5, 5.41) is 4.67. The van der Waals surface area contributed by atoms with Crippen molar-refractivity contribution in [3.05, 3.63) is 46.5 Å². The molecule has 26 heavy (non-hydrogen) atoms. The summed E-state index contributed by atoms with van der Waals surface area (Å²) in [4.78, 5) is 53.6. The Bertz CT molecular complexity index is 872. The van der Waals surface area contributed by atoms with Crippen LogP contribution >= 0.6 is 11.3 Å². The number of ether oxygens (including phenoxy) is 1. The maximum Gasteiger partial charge on any atom is 0.329 e. The van der Waals surface area contributed by atoms with E-state index in [1.165, 1.54) is 30.4 Å². The topological polar surface area (TPSA) is 106 Å². The van der Waals surface area contributed by atoms with E-state index >= 15 is 0 Å². The largest absolute Gasteiger partial charge is 0.454 e. The fourth-order valence-electron chi connectivity index (χ4n) is 2.49. The number of anilines is 1. The third-order valence-electron chi connectivity index (χ3n) is 3.76. The quantitative estimate of drug-likeness (QED) is 0.631. The van der Waals surface area contributed by atoms with Crippen LogP contribution in [0.25, 0.3) is 0 Å². The molecule has 1 atom stereocenters. The maximum atomic E-state index is 12.3. The maximum absolute atomic E-state index is 12.3. The van der Waals surface area contributed by atoms with Crippen LogP contribution in [0.4, 0.5) is 5.13 Å². The first-order chi connectivity index (χ1) is 12.4. The summed E-state index contributed by atoms with van der Waals surface area (Å²) in [6.07, 6.45) is 0. The smallest absolute Gasteiger partial charge is 0.329 e. The minimum Gasteiger partial charge on any atom is -0.454 e. The minimum absolute atomic E-state index is 0.244. The monoisotopic (exact) mass is 373 g/mol. The number of hydrogen-bond acceptors (Lipinski definition) is 7. The average Bonchev–Trinajstić information content (AvgIpc) is 3.14. The summed E-state index contributed by atoms with van der Waals surface area (Å²) in [7, 11) is 0. The van der Waals surface area contributed by atoms with Gasteiger partial charge in [-0.15, -0.1) is 11.3 Å². The standard InChI is InChI=1S/C17H15N3O5S/c1-9-8-26-17(18-9)19-13(21)7-25-16(24)10(2)20-14(22)11-5-3-4-6-12(11)15(20)23/h3-6,8,10H,7H2,1-2H3,(H,18,19,21). The van der Waals surface area contributed by atoms with Gasteiger partial charge in [0.25, 0.3) is 17.7 Å². The van der Waals surface area contributed by atoms with Crippen LogP contribution < -0.4 is 5.32 Å². The molecule has 0 fully saturated rings. The molecule has 134 valence electrons. The molecule has 0 spiro atoms. The van der Waals surface area contributed by atoms with Gasteiger partial charge in [-0.05, 0) is 26.0 Å². The summed E-state index contributed by atoms with van der Waals surface area (Å²) >= 11 is 1.25. The van der Waals surface area contributed by atoms with E-state index in [9.17, 15) is 19.2 Å². The lowest BCUT2D eigenvalue weighted by Gasteiger charge is -2.20. The van der Waals surface area contributed by atoms with Crippen molar-refractivity contribution in [3.63, 3.8) is 0 Å². The van der Waals surface area contributed by atoms with E-state index in [0.717, 1.165) is 10.6 Å². The van der Waals surface area contributed by atoms with Gasteiger partial charge in [-0.3, -0.25) is 24.6 Å². The highest BCUT2D eigenvalue weighted by Crippen LogP contribution is 2.24. The van der Waals surface area contributed by atoms with Crippen molar-refractivity contribution < 1.29 is 23.9 Å². The molecule has 1 aliphatic heterocycles. The number of aromatic nitrogens is 1. The number of benzene rings is 1. The molecule has 2 heterocycles. The van der Waals surface area contributed by atoms with E-state index in [1.807, 2.05) is 0 Å². The Labute approximate surface area is 152 Å². The number of nitrogens with zero attached hydrogens (tertiary/aromatic N) is 2. The van der Waals surface area contributed by atoms with E-state index in [1.54, 1.807) is 24.4 Å². The number of carbonyl (C=O) groups excluding carboxylic acids is 4. The van der Waals surface area contributed by atoms with Gasteiger partial charge in [0, 0.05) is 5.38 Å². The van der Waals surface area contributed by atoms with E-state index in [-0.39, 0.29) is 11.1 Å². The van der Waals surface area contributed by atoms with Gasteiger partial charge in [-0.25, -0.2) is 9.78 Å². The number of carbonyl (C=O) groups is 4. The Morgan fingerprint density at radius 1 is 1.23 bits per heavy atom. The van der Waals surface area contributed by atoms with Gasteiger partial charge in [0.05, 0.1) is 16.8 Å². The van der Waals surface area contributed by atoms with Crippen molar-refractivity contribution in [2.45, 2.75) is 19.9 Å². The molecule has 0 aliphatic carbocycles. The molecule has 0 saturated heterocycles. The molecule has 1 aliphatic rings. The van der Waals surface area contributed by atoms with E-state index < -0.39 is 36.3 Å². The molecule has 1 aromatic carbocycles. The van der Waals surface area contributed by atoms with Crippen molar-refractivity contribution in [2.24, 2.45) is 0 Å². The highest BCUT2D eigenvalue weighted by Gasteiger charge is 2.41. The number of esters is 1. The molecule has 1 unspecified atom stereocenters. The number of thiazole rings is 1. The van der Waals surface area contributed by atoms with Crippen molar-refractivity contribution in [1.82, 2.24) is 9.88 Å². The highest BCUT2D eigenvalue weighted by molar-refractivity contribution is 7.13. The Hall–Kier alpha value is -3.07. The molecular formula is C17H15N3O5S. The van der Waals surface area contributed by atoms with Crippen LogP contribution in [-0.4, -0.2) is 46.2 Å². The second kappa shape index (κ2) is 7.04. The van der Waals surface area contributed by atoms with Crippen LogP contribution in [-0.2, 0) is 14.3 Å². The van der Waals surface area contributed by atoms with E-state index in [0.29, 0.717) is 5.13 Å². The number of rotatable bonds is 5.